The molecular formula is C15H20N2O3S. The van der Waals surface area contributed by atoms with Gasteiger partial charge < -0.3 is 14.0 Å². The van der Waals surface area contributed by atoms with Crippen molar-refractivity contribution in [2.75, 3.05) is 14.2 Å². The van der Waals surface area contributed by atoms with Crippen LogP contribution < -0.4 is 14.3 Å². The Labute approximate surface area is 127 Å². The molecule has 0 aliphatic rings. The van der Waals surface area contributed by atoms with Crippen LogP contribution in [0.3, 0.4) is 0 Å². The zero-order valence-electron chi connectivity index (χ0n) is 12.8. The average molecular weight is 308 g/mol. The van der Waals surface area contributed by atoms with Crippen molar-refractivity contribution < 1.29 is 14.3 Å². The molecule has 114 valence electrons. The number of benzene rings is 1. The molecule has 1 amide bonds. The second kappa shape index (κ2) is 6.76. The van der Waals surface area contributed by atoms with Crippen LogP contribution in [0.25, 0.3) is 10.2 Å². The van der Waals surface area contributed by atoms with Gasteiger partial charge in [0.15, 0.2) is 16.3 Å². The van der Waals surface area contributed by atoms with Crippen molar-refractivity contribution in [1.29, 1.82) is 0 Å². The molecule has 0 bridgehead atoms. The van der Waals surface area contributed by atoms with Gasteiger partial charge in [0.2, 0.25) is 5.91 Å². The minimum Gasteiger partial charge on any atom is -0.493 e. The first kappa shape index (κ1) is 15.6. The number of nitrogens with zero attached hydrogens (tertiary/aromatic N) is 2. The third-order valence-corrected chi connectivity index (χ3v) is 4.20. The van der Waals surface area contributed by atoms with Gasteiger partial charge in [-0.25, -0.2) is 0 Å². The number of aromatic nitrogens is 1. The van der Waals surface area contributed by atoms with E-state index in [1.165, 1.54) is 11.3 Å². The van der Waals surface area contributed by atoms with E-state index in [1.807, 2.05) is 19.1 Å². The van der Waals surface area contributed by atoms with Crippen molar-refractivity contribution in [2.45, 2.75) is 33.2 Å². The molecule has 0 saturated heterocycles. The number of hydrogen-bond acceptors (Lipinski definition) is 4. The van der Waals surface area contributed by atoms with Gasteiger partial charge in [-0.2, -0.15) is 4.99 Å². The molecule has 0 aliphatic heterocycles. The summed E-state index contributed by atoms with van der Waals surface area (Å²) in [6, 6.07) is 3.87. The highest BCUT2D eigenvalue weighted by Gasteiger charge is 2.12. The van der Waals surface area contributed by atoms with E-state index >= 15 is 0 Å². The first-order valence-electron chi connectivity index (χ1n) is 6.97. The maximum Gasteiger partial charge on any atom is 0.248 e. The summed E-state index contributed by atoms with van der Waals surface area (Å²) in [5.74, 6) is 1.26. The fraction of sp³-hybridized carbons (Fsp3) is 0.467. The number of hydrogen-bond donors (Lipinski definition) is 0. The van der Waals surface area contributed by atoms with Crippen LogP contribution in [0, 0.1) is 0 Å². The van der Waals surface area contributed by atoms with Gasteiger partial charge in [-0.1, -0.05) is 25.2 Å². The van der Waals surface area contributed by atoms with Crippen LogP contribution in [-0.4, -0.2) is 24.7 Å². The molecule has 6 heteroatoms. The standard InChI is InChI=1S/C15H20N2O3S/c1-5-7-17-10-8-11(19-3)12(20-4)9-13(10)21-15(17)16-14(18)6-2/h8-9H,5-7H2,1-4H3. The van der Waals surface area contributed by atoms with E-state index in [0.717, 1.165) is 28.0 Å². The van der Waals surface area contributed by atoms with E-state index in [4.69, 9.17) is 9.47 Å². The lowest BCUT2D eigenvalue weighted by Crippen LogP contribution is -2.16. The van der Waals surface area contributed by atoms with Crippen molar-refractivity contribution in [2.24, 2.45) is 4.99 Å². The Morgan fingerprint density at radius 1 is 1.24 bits per heavy atom. The van der Waals surface area contributed by atoms with E-state index in [0.29, 0.717) is 17.9 Å². The van der Waals surface area contributed by atoms with Gasteiger partial charge in [0.1, 0.15) is 0 Å². The van der Waals surface area contributed by atoms with Crippen LogP contribution in [0.4, 0.5) is 0 Å². The molecule has 2 aromatic rings. The smallest absolute Gasteiger partial charge is 0.248 e. The second-order valence-electron chi connectivity index (χ2n) is 4.57. The molecule has 5 nitrogen and oxygen atoms in total. The number of fused-ring (bicyclic) bond motifs is 1. The molecule has 0 unspecified atom stereocenters. The third-order valence-electron chi connectivity index (χ3n) is 3.16. The molecule has 0 radical (unpaired) electrons. The normalized spacial score (nSPS) is 11.9. The molecule has 0 spiro atoms. The van der Waals surface area contributed by atoms with Gasteiger partial charge in [-0.15, -0.1) is 0 Å². The van der Waals surface area contributed by atoms with Crippen LogP contribution in [0.5, 0.6) is 11.5 Å². The Balaban J connectivity index is 2.73. The number of aryl methyl sites for hydroxylation is 1. The first-order chi connectivity index (χ1) is 10.1. The average Bonchev–Trinajstić information content (AvgIpc) is 2.82. The second-order valence-corrected chi connectivity index (χ2v) is 5.58. The van der Waals surface area contributed by atoms with Gasteiger partial charge in [-0.3, -0.25) is 4.79 Å². The summed E-state index contributed by atoms with van der Waals surface area (Å²) in [7, 11) is 3.23. The summed E-state index contributed by atoms with van der Waals surface area (Å²) in [5, 5.41) is 0. The lowest BCUT2D eigenvalue weighted by atomic mass is 10.3. The van der Waals surface area contributed by atoms with E-state index in [1.54, 1.807) is 14.2 Å². The van der Waals surface area contributed by atoms with Gasteiger partial charge in [0.05, 0.1) is 24.4 Å². The van der Waals surface area contributed by atoms with Crippen molar-refractivity contribution in [3.8, 4) is 11.5 Å². The molecular weight excluding hydrogens is 288 g/mol. The maximum atomic E-state index is 11.6. The molecule has 0 saturated carbocycles. The number of methoxy groups -OCH3 is 2. The highest BCUT2D eigenvalue weighted by Crippen LogP contribution is 2.33. The Morgan fingerprint density at radius 2 is 1.90 bits per heavy atom. The summed E-state index contributed by atoms with van der Waals surface area (Å²) in [6.45, 7) is 4.73. The zero-order chi connectivity index (χ0) is 15.4. The Hall–Kier alpha value is -1.82. The number of carbonyl (C=O) groups excluding carboxylic acids is 1. The highest BCUT2D eigenvalue weighted by molar-refractivity contribution is 7.16. The largest absolute Gasteiger partial charge is 0.493 e. The topological polar surface area (TPSA) is 52.8 Å². The van der Waals surface area contributed by atoms with Gasteiger partial charge in [0.25, 0.3) is 0 Å². The minimum absolute atomic E-state index is 0.106. The first-order valence-corrected chi connectivity index (χ1v) is 7.79. The molecule has 1 heterocycles. The quantitative estimate of drug-likeness (QED) is 0.853. The summed E-state index contributed by atoms with van der Waals surface area (Å²) < 4.78 is 13.8. The lowest BCUT2D eigenvalue weighted by Gasteiger charge is -2.08. The molecule has 0 aliphatic carbocycles. The van der Waals surface area contributed by atoms with Gasteiger partial charge in [-0.05, 0) is 6.42 Å². The zero-order valence-corrected chi connectivity index (χ0v) is 13.6. The van der Waals surface area contributed by atoms with Crippen molar-refractivity contribution in [3.05, 3.63) is 16.9 Å². The van der Waals surface area contributed by atoms with Crippen LogP contribution in [0.2, 0.25) is 0 Å². The van der Waals surface area contributed by atoms with Crippen LogP contribution in [-0.2, 0) is 11.3 Å². The number of carbonyl (C=O) groups is 1. The fourth-order valence-electron chi connectivity index (χ4n) is 2.11. The fourth-order valence-corrected chi connectivity index (χ4v) is 3.19. The minimum atomic E-state index is -0.106. The van der Waals surface area contributed by atoms with E-state index in [2.05, 4.69) is 16.5 Å². The predicted octanol–water partition coefficient (Wildman–Crippen LogP) is 2.97. The number of thiazole rings is 1. The molecule has 21 heavy (non-hydrogen) atoms. The molecule has 1 aromatic heterocycles. The Bertz CT molecular complexity index is 716. The van der Waals surface area contributed by atoms with Crippen molar-refractivity contribution >= 4 is 27.5 Å². The maximum absolute atomic E-state index is 11.6. The third kappa shape index (κ3) is 3.10. The Kier molecular flexibility index (Phi) is 5.01. The summed E-state index contributed by atoms with van der Waals surface area (Å²) in [5.41, 5.74) is 1.02. The lowest BCUT2D eigenvalue weighted by molar-refractivity contribution is -0.117. The van der Waals surface area contributed by atoms with Crippen molar-refractivity contribution in [1.82, 2.24) is 4.57 Å². The summed E-state index contributed by atoms with van der Waals surface area (Å²) in [4.78, 5) is 16.6. The molecule has 1 aromatic carbocycles. The summed E-state index contributed by atoms with van der Waals surface area (Å²) in [6.07, 6.45) is 1.38. The SMILES string of the molecule is CCCn1c(=NC(=O)CC)sc2cc(OC)c(OC)cc21. The van der Waals surface area contributed by atoms with E-state index in [9.17, 15) is 4.79 Å². The van der Waals surface area contributed by atoms with Gasteiger partial charge >= 0.3 is 0 Å². The predicted molar refractivity (Wildman–Crippen MR) is 84.1 cm³/mol. The monoisotopic (exact) mass is 308 g/mol. The molecule has 0 fully saturated rings. The van der Waals surface area contributed by atoms with Crippen molar-refractivity contribution in [3.63, 3.8) is 0 Å². The number of amides is 1. The number of rotatable bonds is 5. The van der Waals surface area contributed by atoms with E-state index in [-0.39, 0.29) is 5.91 Å². The van der Waals surface area contributed by atoms with E-state index < -0.39 is 0 Å². The Morgan fingerprint density at radius 3 is 2.48 bits per heavy atom. The number of ether oxygens (including phenoxy) is 2. The molecule has 0 N–H and O–H groups in total. The van der Waals surface area contributed by atoms with Crippen LogP contribution in [0.15, 0.2) is 17.1 Å². The summed E-state index contributed by atoms with van der Waals surface area (Å²) >= 11 is 1.50. The van der Waals surface area contributed by atoms with Crippen LogP contribution in [0.1, 0.15) is 26.7 Å². The van der Waals surface area contributed by atoms with Crippen LogP contribution >= 0.6 is 11.3 Å². The highest BCUT2D eigenvalue weighted by atomic mass is 32.1. The van der Waals surface area contributed by atoms with Gasteiger partial charge in [0, 0.05) is 25.1 Å². The molecule has 0 atom stereocenters. The molecule has 2 rings (SSSR count).